The molecule has 1 saturated heterocycles. The Labute approximate surface area is 163 Å². The van der Waals surface area contributed by atoms with Crippen molar-refractivity contribution in [2.75, 3.05) is 29.9 Å². The minimum atomic E-state index is -0.445. The summed E-state index contributed by atoms with van der Waals surface area (Å²) in [5, 5.41) is 3.29. The molecule has 1 atom stereocenters. The lowest BCUT2D eigenvalue weighted by Gasteiger charge is -2.34. The Balaban J connectivity index is 1.50. The van der Waals surface area contributed by atoms with Gasteiger partial charge in [0, 0.05) is 30.9 Å². The van der Waals surface area contributed by atoms with Crippen molar-refractivity contribution in [2.45, 2.75) is 45.2 Å². The van der Waals surface area contributed by atoms with Crippen molar-refractivity contribution in [1.29, 1.82) is 0 Å². The highest BCUT2D eigenvalue weighted by molar-refractivity contribution is 5.83. The summed E-state index contributed by atoms with van der Waals surface area (Å²) in [6, 6.07) is 8.20. The van der Waals surface area contributed by atoms with E-state index >= 15 is 0 Å². The lowest BCUT2D eigenvalue weighted by molar-refractivity contribution is 0.0983. The van der Waals surface area contributed by atoms with Crippen LogP contribution in [0, 0.1) is 0 Å². The summed E-state index contributed by atoms with van der Waals surface area (Å²) >= 11 is 0. The van der Waals surface area contributed by atoms with Crippen LogP contribution in [0.25, 0.3) is 0 Å². The van der Waals surface area contributed by atoms with Crippen LogP contribution in [0.4, 0.5) is 21.9 Å². The third-order valence-corrected chi connectivity index (χ3v) is 5.70. The molecule has 0 aliphatic carbocycles. The molecule has 2 aliphatic heterocycles. The molecule has 7 nitrogen and oxygen atoms in total. The monoisotopic (exact) mass is 383 g/mol. The second kappa shape index (κ2) is 7.30. The van der Waals surface area contributed by atoms with Crippen LogP contribution < -0.4 is 21.1 Å². The number of carbonyl (C=O) groups excluding carboxylic acids is 1. The molecule has 0 aromatic heterocycles. The van der Waals surface area contributed by atoms with Gasteiger partial charge in [0.1, 0.15) is 11.4 Å². The number of rotatable bonds is 4. The fourth-order valence-electron chi connectivity index (χ4n) is 4.27. The smallest absolute Gasteiger partial charge is 0.409 e. The van der Waals surface area contributed by atoms with Crippen LogP contribution in [0.3, 0.4) is 0 Å². The molecular formula is C21H25N3O4. The molecule has 148 valence electrons. The zero-order valence-electron chi connectivity index (χ0n) is 16.2. The number of benzene rings is 1. The zero-order valence-corrected chi connectivity index (χ0v) is 16.2. The molecule has 1 amide bonds. The van der Waals surface area contributed by atoms with Crippen molar-refractivity contribution in [2.24, 2.45) is 0 Å². The maximum absolute atomic E-state index is 12.4. The summed E-state index contributed by atoms with van der Waals surface area (Å²) in [5.74, 6) is 0. The zero-order chi connectivity index (χ0) is 19.8. The fraction of sp³-hybridized carbons (Fsp3) is 0.476. The normalized spacial score (nSPS) is 19.7. The van der Waals surface area contributed by atoms with Crippen molar-refractivity contribution in [3.05, 3.63) is 50.3 Å². The number of nitrogens with one attached hydrogen (secondary N) is 1. The van der Waals surface area contributed by atoms with Crippen LogP contribution in [-0.2, 0) is 11.2 Å². The Kier molecular flexibility index (Phi) is 4.83. The lowest BCUT2D eigenvalue weighted by atomic mass is 10.0. The van der Waals surface area contributed by atoms with E-state index in [0.717, 1.165) is 12.1 Å². The van der Waals surface area contributed by atoms with Gasteiger partial charge in [-0.2, -0.15) is 0 Å². The summed E-state index contributed by atoms with van der Waals surface area (Å²) in [6.07, 6.45) is 1.98. The standard InChI is InChI=1S/C21H25N3O4/c1-3-28-21(27)23-10-8-15(9-11-23)22-17-18(20(26)19(17)25)24-13(2)12-14-6-4-5-7-16(14)24/h4-7,13,15,22H,3,8-12H2,1-2H3/t13-/m1/s1. The predicted octanol–water partition coefficient (Wildman–Crippen LogP) is 2.40. The van der Waals surface area contributed by atoms with Gasteiger partial charge in [0.15, 0.2) is 0 Å². The Morgan fingerprint density at radius 1 is 1.18 bits per heavy atom. The number of hydrogen-bond acceptors (Lipinski definition) is 6. The first-order valence-electron chi connectivity index (χ1n) is 9.90. The largest absolute Gasteiger partial charge is 0.450 e. The van der Waals surface area contributed by atoms with E-state index in [-0.39, 0.29) is 18.2 Å². The van der Waals surface area contributed by atoms with Gasteiger partial charge in [-0.15, -0.1) is 0 Å². The SMILES string of the molecule is CCOC(=O)N1CCC(Nc2c(N3c4ccccc4C[C@H]3C)c(=O)c2=O)CC1. The highest BCUT2D eigenvalue weighted by Gasteiger charge is 2.36. The maximum atomic E-state index is 12.4. The number of amides is 1. The van der Waals surface area contributed by atoms with Gasteiger partial charge in [0.25, 0.3) is 10.9 Å². The van der Waals surface area contributed by atoms with E-state index in [9.17, 15) is 14.4 Å². The van der Waals surface area contributed by atoms with Gasteiger partial charge in [-0.1, -0.05) is 18.2 Å². The molecular weight excluding hydrogens is 358 g/mol. The number of fused-ring (bicyclic) bond motifs is 1. The molecule has 1 fully saturated rings. The molecule has 2 aromatic carbocycles. The first-order chi connectivity index (χ1) is 13.5. The highest BCUT2D eigenvalue weighted by Crippen LogP contribution is 2.39. The first-order valence-corrected chi connectivity index (χ1v) is 9.90. The summed E-state index contributed by atoms with van der Waals surface area (Å²) in [4.78, 5) is 40.2. The summed E-state index contributed by atoms with van der Waals surface area (Å²) in [7, 11) is 0. The Morgan fingerprint density at radius 2 is 1.89 bits per heavy atom. The predicted molar refractivity (Wildman–Crippen MR) is 108 cm³/mol. The molecule has 0 saturated carbocycles. The number of anilines is 3. The van der Waals surface area contributed by atoms with Gasteiger partial charge in [-0.3, -0.25) is 9.59 Å². The molecule has 2 aliphatic rings. The molecule has 7 heteroatoms. The second-order valence-electron chi connectivity index (χ2n) is 7.54. The van der Waals surface area contributed by atoms with E-state index in [1.807, 2.05) is 23.1 Å². The van der Waals surface area contributed by atoms with Crippen LogP contribution in [0.5, 0.6) is 0 Å². The van der Waals surface area contributed by atoms with Gasteiger partial charge in [-0.25, -0.2) is 4.79 Å². The Morgan fingerprint density at radius 3 is 2.61 bits per heavy atom. The van der Waals surface area contributed by atoms with Crippen LogP contribution >= 0.6 is 0 Å². The van der Waals surface area contributed by atoms with E-state index < -0.39 is 10.9 Å². The summed E-state index contributed by atoms with van der Waals surface area (Å²) < 4.78 is 5.04. The van der Waals surface area contributed by atoms with E-state index in [2.05, 4.69) is 18.3 Å². The number of nitrogens with zero attached hydrogens (tertiary/aromatic N) is 2. The maximum Gasteiger partial charge on any atom is 0.409 e. The van der Waals surface area contributed by atoms with Crippen molar-refractivity contribution >= 4 is 23.2 Å². The van der Waals surface area contributed by atoms with E-state index in [1.54, 1.807) is 11.8 Å². The molecule has 1 N–H and O–H groups in total. The number of likely N-dealkylation sites (tertiary alicyclic amines) is 1. The molecule has 0 unspecified atom stereocenters. The molecule has 0 spiro atoms. The minimum Gasteiger partial charge on any atom is -0.450 e. The second-order valence-corrected chi connectivity index (χ2v) is 7.54. The van der Waals surface area contributed by atoms with E-state index in [4.69, 9.17) is 4.74 Å². The molecule has 4 rings (SSSR count). The van der Waals surface area contributed by atoms with Crippen LogP contribution in [-0.4, -0.2) is 42.8 Å². The van der Waals surface area contributed by atoms with Crippen molar-refractivity contribution in [1.82, 2.24) is 4.90 Å². The van der Waals surface area contributed by atoms with Crippen LogP contribution in [0.2, 0.25) is 0 Å². The average molecular weight is 383 g/mol. The molecule has 28 heavy (non-hydrogen) atoms. The van der Waals surface area contributed by atoms with Crippen LogP contribution in [0.15, 0.2) is 33.9 Å². The lowest BCUT2D eigenvalue weighted by Crippen LogP contribution is -2.47. The minimum absolute atomic E-state index is 0.0564. The Hall–Kier alpha value is -2.83. The van der Waals surface area contributed by atoms with Gasteiger partial charge >= 0.3 is 6.09 Å². The fourth-order valence-corrected chi connectivity index (χ4v) is 4.27. The third-order valence-electron chi connectivity index (χ3n) is 5.70. The van der Waals surface area contributed by atoms with E-state index in [0.29, 0.717) is 43.9 Å². The summed E-state index contributed by atoms with van der Waals surface area (Å²) in [6.45, 7) is 5.36. The number of ether oxygens (including phenoxy) is 1. The quantitative estimate of drug-likeness (QED) is 0.817. The third kappa shape index (κ3) is 3.04. The van der Waals surface area contributed by atoms with E-state index in [1.165, 1.54) is 5.56 Å². The molecule has 0 radical (unpaired) electrons. The number of hydrogen-bond donors (Lipinski definition) is 1. The van der Waals surface area contributed by atoms with Gasteiger partial charge in [0.05, 0.1) is 6.61 Å². The van der Waals surface area contributed by atoms with Crippen LogP contribution in [0.1, 0.15) is 32.3 Å². The first kappa shape index (κ1) is 18.5. The molecule has 2 heterocycles. The van der Waals surface area contributed by atoms with Crippen molar-refractivity contribution in [3.8, 4) is 0 Å². The van der Waals surface area contributed by atoms with Gasteiger partial charge < -0.3 is 19.9 Å². The number of carbonyl (C=O) groups is 1. The number of para-hydroxylation sites is 1. The van der Waals surface area contributed by atoms with Crippen molar-refractivity contribution in [3.63, 3.8) is 0 Å². The van der Waals surface area contributed by atoms with Gasteiger partial charge in [-0.05, 0) is 44.7 Å². The Bertz CT molecular complexity index is 955. The molecule has 2 aromatic rings. The number of piperidine rings is 1. The highest BCUT2D eigenvalue weighted by atomic mass is 16.6. The molecule has 0 bridgehead atoms. The summed E-state index contributed by atoms with van der Waals surface area (Å²) in [5.41, 5.74) is 2.23. The topological polar surface area (TPSA) is 79.0 Å². The van der Waals surface area contributed by atoms with Gasteiger partial charge in [0.2, 0.25) is 0 Å². The van der Waals surface area contributed by atoms with Crippen molar-refractivity contribution < 1.29 is 9.53 Å². The average Bonchev–Trinajstić information content (AvgIpc) is 3.03.